The summed E-state index contributed by atoms with van der Waals surface area (Å²) < 4.78 is 1.96. The third-order valence-corrected chi connectivity index (χ3v) is 3.07. The Kier molecular flexibility index (Phi) is 3.10. The molecule has 1 aromatic heterocycles. The Morgan fingerprint density at radius 3 is 2.87 bits per heavy atom. The fraction of sp³-hybridized carbons (Fsp3) is 0.417. The van der Waals surface area contributed by atoms with Crippen molar-refractivity contribution in [2.24, 2.45) is 7.05 Å². The molecular weight excluding hydrogens is 252 g/mol. The molecular formula is C12H15BrN2. The standard InChI is InChI=1S/C12H15BrN2/c1-9(13)7-8-11-10-5-3-4-6-12(10)15(2)14-11/h3-6,9H,7-8H2,1-2H3. The van der Waals surface area contributed by atoms with Gasteiger partial charge in [-0.3, -0.25) is 4.68 Å². The highest BCUT2D eigenvalue weighted by atomic mass is 79.9. The zero-order valence-electron chi connectivity index (χ0n) is 9.07. The van der Waals surface area contributed by atoms with E-state index in [9.17, 15) is 0 Å². The molecule has 1 unspecified atom stereocenters. The van der Waals surface area contributed by atoms with Crippen molar-refractivity contribution in [2.45, 2.75) is 24.6 Å². The van der Waals surface area contributed by atoms with Crippen molar-refractivity contribution in [3.8, 4) is 0 Å². The van der Waals surface area contributed by atoms with Crippen LogP contribution < -0.4 is 0 Å². The minimum atomic E-state index is 0.554. The first-order valence-electron chi connectivity index (χ1n) is 5.23. The number of hydrogen-bond donors (Lipinski definition) is 0. The van der Waals surface area contributed by atoms with Crippen molar-refractivity contribution in [1.29, 1.82) is 0 Å². The van der Waals surface area contributed by atoms with Crippen LogP contribution in [0.2, 0.25) is 0 Å². The predicted molar refractivity (Wildman–Crippen MR) is 67.4 cm³/mol. The van der Waals surface area contributed by atoms with Gasteiger partial charge < -0.3 is 0 Å². The maximum Gasteiger partial charge on any atom is 0.0703 e. The molecule has 0 radical (unpaired) electrons. The van der Waals surface area contributed by atoms with Crippen molar-refractivity contribution in [3.63, 3.8) is 0 Å². The zero-order valence-corrected chi connectivity index (χ0v) is 10.7. The number of rotatable bonds is 3. The van der Waals surface area contributed by atoms with E-state index >= 15 is 0 Å². The van der Waals surface area contributed by atoms with Gasteiger partial charge in [0.25, 0.3) is 0 Å². The summed E-state index contributed by atoms with van der Waals surface area (Å²) in [5.41, 5.74) is 2.43. The third kappa shape index (κ3) is 2.23. The van der Waals surface area contributed by atoms with Gasteiger partial charge in [0.2, 0.25) is 0 Å². The number of halogens is 1. The van der Waals surface area contributed by atoms with Crippen LogP contribution in [0.1, 0.15) is 19.0 Å². The quantitative estimate of drug-likeness (QED) is 0.780. The Morgan fingerprint density at radius 1 is 1.40 bits per heavy atom. The van der Waals surface area contributed by atoms with Crippen LogP contribution in [0.5, 0.6) is 0 Å². The summed E-state index contributed by atoms with van der Waals surface area (Å²) in [6.07, 6.45) is 2.16. The van der Waals surface area contributed by atoms with Gasteiger partial charge in [-0.2, -0.15) is 5.10 Å². The van der Waals surface area contributed by atoms with Gasteiger partial charge >= 0.3 is 0 Å². The van der Waals surface area contributed by atoms with Gasteiger partial charge in [0, 0.05) is 17.3 Å². The average Bonchev–Trinajstić information content (AvgIpc) is 2.54. The van der Waals surface area contributed by atoms with E-state index in [0.29, 0.717) is 4.83 Å². The van der Waals surface area contributed by atoms with E-state index in [2.05, 4.69) is 52.2 Å². The van der Waals surface area contributed by atoms with Gasteiger partial charge in [-0.25, -0.2) is 0 Å². The second kappa shape index (κ2) is 4.35. The molecule has 0 spiro atoms. The van der Waals surface area contributed by atoms with Crippen LogP contribution in [0.4, 0.5) is 0 Å². The molecule has 2 rings (SSSR count). The third-order valence-electron chi connectivity index (χ3n) is 2.61. The van der Waals surface area contributed by atoms with Crippen molar-refractivity contribution in [1.82, 2.24) is 9.78 Å². The summed E-state index contributed by atoms with van der Waals surface area (Å²) in [6.45, 7) is 2.17. The van der Waals surface area contributed by atoms with Crippen LogP contribution in [0, 0.1) is 0 Å². The fourth-order valence-corrected chi connectivity index (χ4v) is 2.04. The van der Waals surface area contributed by atoms with Crippen LogP contribution in [-0.2, 0) is 13.5 Å². The lowest BCUT2D eigenvalue weighted by Crippen LogP contribution is -1.96. The Balaban J connectivity index is 2.35. The lowest BCUT2D eigenvalue weighted by molar-refractivity contribution is 0.735. The molecule has 1 atom stereocenters. The molecule has 3 heteroatoms. The number of hydrogen-bond acceptors (Lipinski definition) is 1. The van der Waals surface area contributed by atoms with Crippen LogP contribution >= 0.6 is 15.9 Å². The summed E-state index contributed by atoms with van der Waals surface area (Å²) in [4.78, 5) is 0.554. The second-order valence-corrected chi connectivity index (χ2v) is 5.47. The summed E-state index contributed by atoms with van der Waals surface area (Å²) >= 11 is 3.57. The summed E-state index contributed by atoms with van der Waals surface area (Å²) in [7, 11) is 2.00. The predicted octanol–water partition coefficient (Wildman–Crippen LogP) is 3.29. The molecule has 0 saturated carbocycles. The Morgan fingerprint density at radius 2 is 2.13 bits per heavy atom. The van der Waals surface area contributed by atoms with Gasteiger partial charge in [0.1, 0.15) is 0 Å². The molecule has 0 fully saturated rings. The van der Waals surface area contributed by atoms with Crippen molar-refractivity contribution >= 4 is 26.8 Å². The molecule has 0 amide bonds. The maximum atomic E-state index is 4.56. The number of para-hydroxylation sites is 1. The number of aryl methyl sites for hydroxylation is 2. The summed E-state index contributed by atoms with van der Waals surface area (Å²) in [5, 5.41) is 5.84. The number of benzene rings is 1. The summed E-state index contributed by atoms with van der Waals surface area (Å²) in [5.74, 6) is 0. The zero-order chi connectivity index (χ0) is 10.8. The van der Waals surface area contributed by atoms with E-state index in [0.717, 1.165) is 12.8 Å². The topological polar surface area (TPSA) is 17.8 Å². The van der Waals surface area contributed by atoms with Crippen molar-refractivity contribution in [2.75, 3.05) is 0 Å². The first-order chi connectivity index (χ1) is 7.18. The molecule has 0 aliphatic rings. The monoisotopic (exact) mass is 266 g/mol. The van der Waals surface area contributed by atoms with E-state index in [-0.39, 0.29) is 0 Å². The molecule has 0 aliphatic carbocycles. The Labute approximate surface area is 98.4 Å². The highest BCUT2D eigenvalue weighted by Gasteiger charge is 2.08. The van der Waals surface area contributed by atoms with Gasteiger partial charge in [0.05, 0.1) is 11.2 Å². The van der Waals surface area contributed by atoms with E-state index in [1.54, 1.807) is 0 Å². The van der Waals surface area contributed by atoms with Gasteiger partial charge in [-0.1, -0.05) is 41.1 Å². The average molecular weight is 267 g/mol. The molecule has 1 heterocycles. The van der Waals surface area contributed by atoms with Crippen molar-refractivity contribution < 1.29 is 0 Å². The van der Waals surface area contributed by atoms with Crippen LogP contribution in [0.3, 0.4) is 0 Å². The number of alkyl halides is 1. The lowest BCUT2D eigenvalue weighted by Gasteiger charge is -2.00. The first-order valence-corrected chi connectivity index (χ1v) is 6.14. The minimum Gasteiger partial charge on any atom is -0.268 e. The number of fused-ring (bicyclic) bond motifs is 1. The van der Waals surface area contributed by atoms with Crippen LogP contribution in [-0.4, -0.2) is 14.6 Å². The Hall–Kier alpha value is -0.830. The van der Waals surface area contributed by atoms with Crippen molar-refractivity contribution in [3.05, 3.63) is 30.0 Å². The van der Waals surface area contributed by atoms with Crippen LogP contribution in [0.25, 0.3) is 10.9 Å². The molecule has 0 N–H and O–H groups in total. The van der Waals surface area contributed by atoms with E-state index in [1.165, 1.54) is 16.6 Å². The number of nitrogens with zero attached hydrogens (tertiary/aromatic N) is 2. The molecule has 15 heavy (non-hydrogen) atoms. The normalized spacial score (nSPS) is 13.3. The second-order valence-electron chi connectivity index (χ2n) is 3.91. The molecule has 0 bridgehead atoms. The Bertz CT molecular complexity index is 460. The minimum absolute atomic E-state index is 0.554. The fourth-order valence-electron chi connectivity index (χ4n) is 1.81. The smallest absolute Gasteiger partial charge is 0.0703 e. The molecule has 80 valence electrons. The molecule has 2 aromatic rings. The molecule has 1 aromatic carbocycles. The van der Waals surface area contributed by atoms with E-state index in [4.69, 9.17) is 0 Å². The van der Waals surface area contributed by atoms with Gasteiger partial charge in [0.15, 0.2) is 0 Å². The van der Waals surface area contributed by atoms with E-state index < -0.39 is 0 Å². The van der Waals surface area contributed by atoms with Gasteiger partial charge in [-0.15, -0.1) is 0 Å². The highest BCUT2D eigenvalue weighted by Crippen LogP contribution is 2.19. The van der Waals surface area contributed by atoms with Gasteiger partial charge in [-0.05, 0) is 18.9 Å². The van der Waals surface area contributed by atoms with E-state index in [1.807, 2.05) is 11.7 Å². The SMILES string of the molecule is CC(Br)CCc1nn(C)c2ccccc12. The highest BCUT2D eigenvalue weighted by molar-refractivity contribution is 9.09. The largest absolute Gasteiger partial charge is 0.268 e. The summed E-state index contributed by atoms with van der Waals surface area (Å²) in [6, 6.07) is 8.39. The number of aromatic nitrogens is 2. The molecule has 2 nitrogen and oxygen atoms in total. The maximum absolute atomic E-state index is 4.56. The molecule has 0 aliphatic heterocycles. The lowest BCUT2D eigenvalue weighted by atomic mass is 10.1. The molecule has 0 saturated heterocycles. The first kappa shape index (κ1) is 10.7. The van der Waals surface area contributed by atoms with Crippen LogP contribution in [0.15, 0.2) is 24.3 Å².